The number of halogens is 1. The second-order valence-corrected chi connectivity index (χ2v) is 9.06. The number of hydrogen-bond acceptors (Lipinski definition) is 2. The largest absolute Gasteiger partial charge is 0.477 e. The van der Waals surface area contributed by atoms with Crippen LogP contribution in [0.25, 0.3) is 10.9 Å². The topological polar surface area (TPSA) is 54.3 Å². The Morgan fingerprint density at radius 3 is 2.73 bits per heavy atom. The quantitative estimate of drug-likeness (QED) is 0.513. The molecule has 2 aromatic carbocycles. The first-order valence-corrected chi connectivity index (χ1v) is 11.1. The Hall–Kier alpha value is -2.30. The zero-order chi connectivity index (χ0) is 21.3. The van der Waals surface area contributed by atoms with E-state index < -0.39 is 5.97 Å². The Kier molecular flexibility index (Phi) is 6.16. The van der Waals surface area contributed by atoms with Crippen molar-refractivity contribution in [3.63, 3.8) is 0 Å². The lowest BCUT2D eigenvalue weighted by atomic mass is 9.78. The van der Waals surface area contributed by atoms with Crippen LogP contribution in [0.2, 0.25) is 5.02 Å². The molecule has 2 N–H and O–H groups in total. The number of carboxylic acid groups (broad SMARTS) is 1. The summed E-state index contributed by atoms with van der Waals surface area (Å²) in [7, 11) is 0. The first-order chi connectivity index (χ1) is 14.5. The maximum atomic E-state index is 12.4. The predicted molar refractivity (Wildman–Crippen MR) is 122 cm³/mol. The summed E-state index contributed by atoms with van der Waals surface area (Å²) in [6, 6.07) is 16.0. The van der Waals surface area contributed by atoms with Crippen LogP contribution in [0.4, 0.5) is 0 Å². The van der Waals surface area contributed by atoms with Crippen molar-refractivity contribution in [2.24, 2.45) is 11.8 Å². The molecule has 0 radical (unpaired) electrons. The molecule has 0 bridgehead atoms. The molecule has 4 rings (SSSR count). The minimum atomic E-state index is -0.893. The van der Waals surface area contributed by atoms with Gasteiger partial charge in [-0.25, -0.2) is 4.79 Å². The Bertz CT molecular complexity index is 1060. The lowest BCUT2D eigenvalue weighted by Crippen LogP contribution is -2.40. The molecule has 0 saturated heterocycles. The molecule has 1 heterocycles. The maximum Gasteiger partial charge on any atom is 0.352 e. The molecule has 3 atom stereocenters. The van der Waals surface area contributed by atoms with Crippen molar-refractivity contribution in [3.05, 3.63) is 70.4 Å². The van der Waals surface area contributed by atoms with Gasteiger partial charge in [0.1, 0.15) is 5.69 Å². The van der Waals surface area contributed by atoms with Gasteiger partial charge >= 0.3 is 5.97 Å². The van der Waals surface area contributed by atoms with Crippen molar-refractivity contribution in [1.82, 2.24) is 9.88 Å². The van der Waals surface area contributed by atoms with Crippen molar-refractivity contribution in [2.45, 2.75) is 52.2 Å². The number of aromatic nitrogens is 1. The molecule has 4 nitrogen and oxygen atoms in total. The molecule has 1 saturated carbocycles. The summed E-state index contributed by atoms with van der Waals surface area (Å²) in [4.78, 5) is 12.4. The van der Waals surface area contributed by atoms with Gasteiger partial charge in [0.2, 0.25) is 0 Å². The van der Waals surface area contributed by atoms with Gasteiger partial charge in [0.15, 0.2) is 0 Å². The van der Waals surface area contributed by atoms with E-state index in [4.69, 9.17) is 11.6 Å². The van der Waals surface area contributed by atoms with Crippen molar-refractivity contribution in [3.8, 4) is 0 Å². The number of carboxylic acids is 1. The smallest absolute Gasteiger partial charge is 0.352 e. The second kappa shape index (κ2) is 8.83. The fourth-order valence-corrected chi connectivity index (χ4v) is 5.10. The van der Waals surface area contributed by atoms with E-state index in [1.807, 2.05) is 53.1 Å². The van der Waals surface area contributed by atoms with Crippen LogP contribution in [0.1, 0.15) is 54.7 Å². The number of rotatable bonds is 6. The highest BCUT2D eigenvalue weighted by molar-refractivity contribution is 6.30. The van der Waals surface area contributed by atoms with Crippen LogP contribution in [0.3, 0.4) is 0 Å². The minimum Gasteiger partial charge on any atom is -0.477 e. The third kappa shape index (κ3) is 4.12. The summed E-state index contributed by atoms with van der Waals surface area (Å²) in [6.45, 7) is 5.66. The Balaban J connectivity index is 1.72. The predicted octanol–water partition coefficient (Wildman–Crippen LogP) is 5.96. The second-order valence-electron chi connectivity index (χ2n) is 8.62. The van der Waals surface area contributed by atoms with Crippen LogP contribution < -0.4 is 5.32 Å². The lowest BCUT2D eigenvalue weighted by molar-refractivity contribution is 0.0684. The van der Waals surface area contributed by atoms with E-state index in [-0.39, 0.29) is 0 Å². The SMILES string of the molecule is CC1CCCC(NCc2c(C(=O)O)n(Cc3cccc(Cl)c3)c3ccccc23)C1C. The molecule has 1 aromatic heterocycles. The van der Waals surface area contributed by atoms with Crippen molar-refractivity contribution in [1.29, 1.82) is 0 Å². The van der Waals surface area contributed by atoms with E-state index in [1.54, 1.807) is 0 Å². The van der Waals surface area contributed by atoms with E-state index in [9.17, 15) is 9.90 Å². The van der Waals surface area contributed by atoms with Crippen molar-refractivity contribution < 1.29 is 9.90 Å². The van der Waals surface area contributed by atoms with Gasteiger partial charge in [-0.1, -0.05) is 68.6 Å². The van der Waals surface area contributed by atoms with Gasteiger partial charge in [-0.2, -0.15) is 0 Å². The number of fused-ring (bicyclic) bond motifs is 1. The molecule has 1 aliphatic rings. The molecule has 0 aliphatic heterocycles. The number of aromatic carboxylic acids is 1. The number of nitrogens with zero attached hydrogens (tertiary/aromatic N) is 1. The molecule has 5 heteroatoms. The van der Waals surface area contributed by atoms with E-state index in [2.05, 4.69) is 19.2 Å². The number of carbonyl (C=O) groups is 1. The third-order valence-corrected chi connectivity index (χ3v) is 6.99. The molecule has 1 fully saturated rings. The Labute approximate surface area is 182 Å². The highest BCUT2D eigenvalue weighted by Gasteiger charge is 2.28. The van der Waals surface area contributed by atoms with E-state index in [0.717, 1.165) is 28.5 Å². The molecular weight excluding hydrogens is 396 g/mol. The van der Waals surface area contributed by atoms with Crippen LogP contribution in [0.5, 0.6) is 0 Å². The van der Waals surface area contributed by atoms with Crippen molar-refractivity contribution in [2.75, 3.05) is 0 Å². The minimum absolute atomic E-state index is 0.361. The number of benzene rings is 2. The highest BCUT2D eigenvalue weighted by Crippen LogP contribution is 2.32. The first-order valence-electron chi connectivity index (χ1n) is 10.8. The highest BCUT2D eigenvalue weighted by atomic mass is 35.5. The van der Waals surface area contributed by atoms with Crippen LogP contribution in [0, 0.1) is 11.8 Å². The van der Waals surface area contributed by atoms with Gasteiger partial charge in [-0.3, -0.25) is 0 Å². The molecule has 3 unspecified atom stereocenters. The zero-order valence-corrected chi connectivity index (χ0v) is 18.3. The average molecular weight is 425 g/mol. The first kappa shape index (κ1) is 21.0. The van der Waals surface area contributed by atoms with Gasteiger partial charge < -0.3 is 15.0 Å². The molecule has 3 aromatic rings. The molecule has 30 heavy (non-hydrogen) atoms. The van der Waals surface area contributed by atoms with E-state index in [0.29, 0.717) is 41.7 Å². The standard InChI is InChI=1S/C25H29ClN2O2/c1-16-7-5-11-22(17(16)2)27-14-21-20-10-3-4-12-23(20)28(24(21)25(29)30)15-18-8-6-9-19(26)13-18/h3-4,6,8-10,12-13,16-17,22,27H,5,7,11,14-15H2,1-2H3,(H,29,30). The average Bonchev–Trinajstić information content (AvgIpc) is 3.03. The molecule has 0 spiro atoms. The summed E-state index contributed by atoms with van der Waals surface area (Å²) in [5, 5.41) is 15.5. The third-order valence-electron chi connectivity index (χ3n) is 6.76. The van der Waals surface area contributed by atoms with Gasteiger partial charge in [0.05, 0.1) is 0 Å². The summed E-state index contributed by atoms with van der Waals surface area (Å²) >= 11 is 6.16. The zero-order valence-electron chi connectivity index (χ0n) is 17.6. The number of hydrogen-bond donors (Lipinski definition) is 2. The van der Waals surface area contributed by atoms with Crippen molar-refractivity contribution >= 4 is 28.5 Å². The fourth-order valence-electron chi connectivity index (χ4n) is 4.88. The van der Waals surface area contributed by atoms with Gasteiger partial charge in [-0.15, -0.1) is 0 Å². The molecule has 0 amide bonds. The van der Waals surface area contributed by atoms with Gasteiger partial charge in [0, 0.05) is 40.6 Å². The summed E-state index contributed by atoms with van der Waals surface area (Å²) in [5.41, 5.74) is 3.16. The van der Waals surface area contributed by atoms with E-state index in [1.165, 1.54) is 12.8 Å². The molecule has 1 aliphatic carbocycles. The normalized spacial score (nSPS) is 21.8. The van der Waals surface area contributed by atoms with Gasteiger partial charge in [-0.05, 0) is 42.0 Å². The summed E-state index contributed by atoms with van der Waals surface area (Å²) in [5.74, 6) is 0.390. The van der Waals surface area contributed by atoms with Gasteiger partial charge in [0.25, 0.3) is 0 Å². The van der Waals surface area contributed by atoms with Crippen LogP contribution >= 0.6 is 11.6 Å². The molecule has 158 valence electrons. The number of nitrogens with one attached hydrogen (secondary N) is 1. The summed E-state index contributed by atoms with van der Waals surface area (Å²) in [6.07, 6.45) is 3.65. The Morgan fingerprint density at radius 1 is 1.17 bits per heavy atom. The van der Waals surface area contributed by atoms with Crippen LogP contribution in [0.15, 0.2) is 48.5 Å². The van der Waals surface area contributed by atoms with Crippen LogP contribution in [-0.4, -0.2) is 21.7 Å². The summed E-state index contributed by atoms with van der Waals surface area (Å²) < 4.78 is 1.91. The van der Waals surface area contributed by atoms with E-state index >= 15 is 0 Å². The molecular formula is C25H29ClN2O2. The Morgan fingerprint density at radius 2 is 1.97 bits per heavy atom. The lowest BCUT2D eigenvalue weighted by Gasteiger charge is -2.34. The number of para-hydroxylation sites is 1. The monoisotopic (exact) mass is 424 g/mol. The van der Waals surface area contributed by atoms with Crippen LogP contribution in [-0.2, 0) is 13.1 Å². The fraction of sp³-hybridized carbons (Fsp3) is 0.400. The maximum absolute atomic E-state index is 12.4.